The van der Waals surface area contributed by atoms with E-state index in [1.54, 1.807) is 18.2 Å². The van der Waals surface area contributed by atoms with E-state index in [-0.39, 0.29) is 23.7 Å². The number of hydrogen-bond acceptors (Lipinski definition) is 7. The van der Waals surface area contributed by atoms with Crippen LogP contribution in [0.25, 0.3) is 16.9 Å². The topological polar surface area (TPSA) is 139 Å². The molecule has 210 valence electrons. The van der Waals surface area contributed by atoms with Gasteiger partial charge in [0.2, 0.25) is 0 Å². The van der Waals surface area contributed by atoms with Gasteiger partial charge in [-0.15, -0.1) is 0 Å². The number of rotatable bonds is 12. The van der Waals surface area contributed by atoms with Crippen LogP contribution in [0.15, 0.2) is 43.0 Å². The van der Waals surface area contributed by atoms with Gasteiger partial charge in [0.05, 0.1) is 23.5 Å². The molecule has 40 heavy (non-hydrogen) atoms. The van der Waals surface area contributed by atoms with Gasteiger partial charge in [0.1, 0.15) is 6.54 Å². The Morgan fingerprint density at radius 2 is 1.98 bits per heavy atom. The van der Waals surface area contributed by atoms with Gasteiger partial charge in [-0.1, -0.05) is 19.8 Å². The van der Waals surface area contributed by atoms with Crippen LogP contribution in [0.1, 0.15) is 54.2 Å². The molecule has 0 unspecified atom stereocenters. The van der Waals surface area contributed by atoms with Gasteiger partial charge in [-0.25, -0.2) is 9.97 Å². The quantitative estimate of drug-likeness (QED) is 0.216. The van der Waals surface area contributed by atoms with Crippen LogP contribution in [0.5, 0.6) is 0 Å². The van der Waals surface area contributed by atoms with Gasteiger partial charge in [-0.05, 0) is 49.6 Å². The fourth-order valence-corrected chi connectivity index (χ4v) is 4.42. The Hall–Kier alpha value is -4.44. The lowest BCUT2D eigenvalue weighted by Gasteiger charge is -2.13. The minimum Gasteiger partial charge on any atom is -0.352 e. The first kappa shape index (κ1) is 28.6. The van der Waals surface area contributed by atoms with Crippen LogP contribution in [0.4, 0.5) is 24.7 Å². The van der Waals surface area contributed by atoms with Gasteiger partial charge >= 0.3 is 6.18 Å². The highest BCUT2D eigenvalue weighted by atomic mass is 19.4. The summed E-state index contributed by atoms with van der Waals surface area (Å²) in [7, 11) is 0. The van der Waals surface area contributed by atoms with Crippen molar-refractivity contribution in [2.75, 3.05) is 18.4 Å². The Labute approximate surface area is 229 Å². The highest BCUT2D eigenvalue weighted by molar-refractivity contribution is 5.96. The summed E-state index contributed by atoms with van der Waals surface area (Å²) < 4.78 is 43.6. The molecule has 4 rings (SSSR count). The Balaban J connectivity index is 1.56. The van der Waals surface area contributed by atoms with E-state index in [0.717, 1.165) is 35.9 Å². The van der Waals surface area contributed by atoms with E-state index in [4.69, 9.17) is 11.0 Å². The second-order valence-electron chi connectivity index (χ2n) is 9.17. The standard InChI is InChI=1S/C27H30F3N9O/c1-2-18-15-19(7-8-20(18)26(40)34-11-6-4-3-5-9-31)36-24-25-35-16-22(39(25)14-12-33-24)21-17-38(13-10-32)37-23(21)27(28,29)30/h7-8,12,14-17H,2-6,9,11,13,31H2,1H3,(H,33,36)(H,34,40). The number of aryl methyl sites for hydroxylation is 1. The molecule has 1 aromatic carbocycles. The molecule has 0 atom stereocenters. The van der Waals surface area contributed by atoms with Crippen LogP contribution in [-0.4, -0.2) is 43.1 Å². The van der Waals surface area contributed by atoms with Gasteiger partial charge in [-0.2, -0.15) is 23.5 Å². The number of aromatic nitrogens is 5. The lowest BCUT2D eigenvalue weighted by molar-refractivity contribution is -0.141. The molecule has 4 aromatic rings. The maximum absolute atomic E-state index is 13.7. The minimum atomic E-state index is -4.72. The van der Waals surface area contributed by atoms with Crippen molar-refractivity contribution in [3.63, 3.8) is 0 Å². The smallest absolute Gasteiger partial charge is 0.352 e. The number of anilines is 2. The molecule has 13 heteroatoms. The van der Waals surface area contributed by atoms with E-state index < -0.39 is 11.9 Å². The lowest BCUT2D eigenvalue weighted by atomic mass is 10.0. The number of nitrogens with one attached hydrogen (secondary N) is 2. The number of alkyl halides is 3. The Morgan fingerprint density at radius 3 is 2.70 bits per heavy atom. The molecule has 3 aromatic heterocycles. The largest absolute Gasteiger partial charge is 0.435 e. The van der Waals surface area contributed by atoms with Crippen molar-refractivity contribution in [3.8, 4) is 17.3 Å². The van der Waals surface area contributed by atoms with Gasteiger partial charge in [0, 0.05) is 36.4 Å². The molecule has 1 amide bonds. The molecule has 4 N–H and O–H groups in total. The number of carbonyl (C=O) groups excluding carboxylic acids is 1. The predicted octanol–water partition coefficient (Wildman–Crippen LogP) is 4.69. The fraction of sp³-hybridized carbons (Fsp3) is 0.370. The van der Waals surface area contributed by atoms with Gasteiger partial charge in [-0.3, -0.25) is 13.9 Å². The van der Waals surface area contributed by atoms with Crippen LogP contribution in [0, 0.1) is 11.3 Å². The first-order chi connectivity index (χ1) is 19.3. The van der Waals surface area contributed by atoms with Gasteiger partial charge < -0.3 is 16.4 Å². The summed E-state index contributed by atoms with van der Waals surface area (Å²) in [4.78, 5) is 21.4. The number of amides is 1. The number of imidazole rings is 1. The molecular weight excluding hydrogens is 523 g/mol. The minimum absolute atomic E-state index is 0.141. The molecule has 0 aliphatic carbocycles. The molecule has 0 saturated carbocycles. The first-order valence-electron chi connectivity index (χ1n) is 13.0. The summed E-state index contributed by atoms with van der Waals surface area (Å²) in [6, 6.07) is 7.13. The Morgan fingerprint density at radius 1 is 1.18 bits per heavy atom. The highest BCUT2D eigenvalue weighted by Crippen LogP contribution is 2.37. The second kappa shape index (κ2) is 12.6. The average molecular weight is 554 g/mol. The van der Waals surface area contributed by atoms with Crippen LogP contribution >= 0.6 is 0 Å². The summed E-state index contributed by atoms with van der Waals surface area (Å²) in [5.74, 6) is 0.182. The summed E-state index contributed by atoms with van der Waals surface area (Å²) >= 11 is 0. The van der Waals surface area contributed by atoms with Crippen molar-refractivity contribution < 1.29 is 18.0 Å². The monoisotopic (exact) mass is 553 g/mol. The summed E-state index contributed by atoms with van der Waals surface area (Å²) in [5.41, 5.74) is 6.73. The zero-order chi connectivity index (χ0) is 28.7. The molecule has 0 fully saturated rings. The SMILES string of the molecule is CCc1cc(Nc2nccn3c(-c4cn(CC#N)nc4C(F)(F)F)cnc23)ccc1C(=O)NCCCCCCN. The second-order valence-corrected chi connectivity index (χ2v) is 9.17. The maximum atomic E-state index is 13.7. The van der Waals surface area contributed by atoms with E-state index in [1.165, 1.54) is 29.2 Å². The third kappa shape index (κ3) is 6.40. The number of carbonyl (C=O) groups is 1. The Bertz CT molecular complexity index is 1520. The third-order valence-electron chi connectivity index (χ3n) is 6.38. The zero-order valence-corrected chi connectivity index (χ0v) is 22.0. The van der Waals surface area contributed by atoms with E-state index in [0.29, 0.717) is 42.2 Å². The predicted molar refractivity (Wildman–Crippen MR) is 144 cm³/mol. The van der Waals surface area contributed by atoms with Crippen LogP contribution in [-0.2, 0) is 19.1 Å². The number of benzene rings is 1. The highest BCUT2D eigenvalue weighted by Gasteiger charge is 2.38. The molecule has 0 aliphatic rings. The number of unbranched alkanes of at least 4 members (excludes halogenated alkanes) is 3. The number of fused-ring (bicyclic) bond motifs is 1. The fourth-order valence-electron chi connectivity index (χ4n) is 4.42. The summed E-state index contributed by atoms with van der Waals surface area (Å²) in [5, 5.41) is 18.6. The van der Waals surface area contributed by atoms with Crippen LogP contribution < -0.4 is 16.4 Å². The van der Waals surface area contributed by atoms with Crippen molar-refractivity contribution in [1.29, 1.82) is 5.26 Å². The third-order valence-corrected chi connectivity index (χ3v) is 6.38. The van der Waals surface area contributed by atoms with Crippen LogP contribution in [0.3, 0.4) is 0 Å². The van der Waals surface area contributed by atoms with E-state index in [1.807, 2.05) is 13.0 Å². The molecule has 10 nitrogen and oxygen atoms in total. The number of halogens is 3. The van der Waals surface area contributed by atoms with Crippen molar-refractivity contribution in [2.24, 2.45) is 5.73 Å². The Kier molecular flexibility index (Phi) is 9.00. The van der Waals surface area contributed by atoms with Crippen molar-refractivity contribution in [1.82, 2.24) is 29.5 Å². The van der Waals surface area contributed by atoms with Crippen molar-refractivity contribution in [3.05, 3.63) is 59.8 Å². The average Bonchev–Trinajstić information content (AvgIpc) is 3.55. The summed E-state index contributed by atoms with van der Waals surface area (Å²) in [6.45, 7) is 2.89. The molecule has 0 bridgehead atoms. The molecule has 3 heterocycles. The zero-order valence-electron chi connectivity index (χ0n) is 22.0. The first-order valence-corrected chi connectivity index (χ1v) is 13.0. The molecular formula is C27H30F3N9O. The number of nitriles is 1. The normalized spacial score (nSPS) is 11.5. The number of nitrogens with two attached hydrogens (primary N) is 1. The molecule has 0 spiro atoms. The maximum Gasteiger partial charge on any atom is 0.435 e. The van der Waals surface area contributed by atoms with Crippen molar-refractivity contribution in [2.45, 2.75) is 51.7 Å². The number of nitrogens with zero attached hydrogens (tertiary/aromatic N) is 6. The van der Waals surface area contributed by atoms with E-state index >= 15 is 0 Å². The summed E-state index contributed by atoms with van der Waals surface area (Å²) in [6.07, 6.45) is 5.26. The number of hydrogen-bond donors (Lipinski definition) is 3. The van der Waals surface area contributed by atoms with E-state index in [2.05, 4.69) is 25.7 Å². The van der Waals surface area contributed by atoms with E-state index in [9.17, 15) is 18.0 Å². The molecule has 0 aliphatic heterocycles. The molecule has 0 radical (unpaired) electrons. The van der Waals surface area contributed by atoms with Crippen molar-refractivity contribution >= 4 is 23.1 Å². The van der Waals surface area contributed by atoms with Crippen LogP contribution in [0.2, 0.25) is 0 Å². The molecule has 0 saturated heterocycles. The van der Waals surface area contributed by atoms with Gasteiger partial charge in [0.15, 0.2) is 17.2 Å². The lowest BCUT2D eigenvalue weighted by Crippen LogP contribution is -2.25. The van der Waals surface area contributed by atoms with Gasteiger partial charge in [0.25, 0.3) is 5.91 Å².